The summed E-state index contributed by atoms with van der Waals surface area (Å²) in [5.74, 6) is 0.349. The number of hydrogen-bond acceptors (Lipinski definition) is 6. The van der Waals surface area contributed by atoms with Gasteiger partial charge in [-0.1, -0.05) is 30.3 Å². The molecule has 27 heavy (non-hydrogen) atoms. The standard InChI is InChI=1S/C20H20N2O5/c1-25-17-10-6-7-14(19(17)26-2)13-27-20(24)16-11-12-18(23)22(21-16)15-8-4-3-5-9-15/h3-10H,11-13H2,1-2H3. The monoisotopic (exact) mass is 368 g/mol. The number of esters is 1. The van der Waals surface area contributed by atoms with Gasteiger partial charge in [-0.3, -0.25) is 4.79 Å². The van der Waals surface area contributed by atoms with Crippen LogP contribution >= 0.6 is 0 Å². The third-order valence-corrected chi connectivity index (χ3v) is 4.11. The van der Waals surface area contributed by atoms with Crippen LogP contribution in [0.2, 0.25) is 0 Å². The molecule has 0 radical (unpaired) electrons. The Labute approximate surface area is 157 Å². The second-order valence-corrected chi connectivity index (χ2v) is 5.82. The number of carbonyl (C=O) groups excluding carboxylic acids is 2. The number of ether oxygens (including phenoxy) is 3. The minimum absolute atomic E-state index is 0.0114. The van der Waals surface area contributed by atoms with Crippen molar-refractivity contribution in [1.82, 2.24) is 0 Å². The predicted molar refractivity (Wildman–Crippen MR) is 99.9 cm³/mol. The Morgan fingerprint density at radius 1 is 1.04 bits per heavy atom. The van der Waals surface area contributed by atoms with E-state index in [1.165, 1.54) is 12.1 Å². The first-order valence-electron chi connectivity index (χ1n) is 8.46. The summed E-state index contributed by atoms with van der Waals surface area (Å²) in [7, 11) is 3.07. The zero-order valence-corrected chi connectivity index (χ0v) is 15.2. The molecule has 0 atom stereocenters. The summed E-state index contributed by atoms with van der Waals surface area (Å²) in [4.78, 5) is 24.6. The van der Waals surface area contributed by atoms with Gasteiger partial charge < -0.3 is 14.2 Å². The highest BCUT2D eigenvalue weighted by Gasteiger charge is 2.26. The van der Waals surface area contributed by atoms with E-state index in [4.69, 9.17) is 14.2 Å². The van der Waals surface area contributed by atoms with E-state index in [0.717, 1.165) is 0 Å². The average Bonchev–Trinajstić information content (AvgIpc) is 2.72. The van der Waals surface area contributed by atoms with E-state index >= 15 is 0 Å². The van der Waals surface area contributed by atoms with E-state index in [0.29, 0.717) is 22.7 Å². The van der Waals surface area contributed by atoms with E-state index in [1.54, 1.807) is 49.6 Å². The van der Waals surface area contributed by atoms with Crippen LogP contribution in [0, 0.1) is 0 Å². The first-order valence-corrected chi connectivity index (χ1v) is 8.46. The van der Waals surface area contributed by atoms with Gasteiger partial charge in [0.15, 0.2) is 11.5 Å². The van der Waals surface area contributed by atoms with Crippen LogP contribution < -0.4 is 14.5 Å². The highest BCUT2D eigenvalue weighted by Crippen LogP contribution is 2.31. The summed E-state index contributed by atoms with van der Waals surface area (Å²) in [6.07, 6.45) is 0.446. The molecule has 1 aliphatic rings. The minimum Gasteiger partial charge on any atom is -0.493 e. The fourth-order valence-electron chi connectivity index (χ4n) is 2.77. The van der Waals surface area contributed by atoms with Crippen LogP contribution in [-0.4, -0.2) is 31.8 Å². The number of rotatable bonds is 6. The molecule has 1 heterocycles. The second-order valence-electron chi connectivity index (χ2n) is 5.82. The zero-order chi connectivity index (χ0) is 19.2. The van der Waals surface area contributed by atoms with E-state index < -0.39 is 5.97 Å². The number of anilines is 1. The Balaban J connectivity index is 1.74. The first-order chi connectivity index (χ1) is 13.1. The molecular formula is C20H20N2O5. The molecule has 3 rings (SSSR count). The van der Waals surface area contributed by atoms with Crippen molar-refractivity contribution in [1.29, 1.82) is 0 Å². The van der Waals surface area contributed by atoms with E-state index in [9.17, 15) is 9.59 Å². The number of carbonyl (C=O) groups is 2. The van der Waals surface area contributed by atoms with Crippen LogP contribution in [0.4, 0.5) is 5.69 Å². The Kier molecular flexibility index (Phi) is 5.71. The number of nitrogens with zero attached hydrogens (tertiary/aromatic N) is 2. The predicted octanol–water partition coefficient (Wildman–Crippen LogP) is 2.93. The summed E-state index contributed by atoms with van der Waals surface area (Å²) in [5, 5.41) is 5.43. The molecule has 1 aliphatic heterocycles. The average molecular weight is 368 g/mol. The van der Waals surface area contributed by atoms with Gasteiger partial charge in [-0.2, -0.15) is 5.10 Å². The molecule has 2 aromatic carbocycles. The van der Waals surface area contributed by atoms with Gasteiger partial charge in [0, 0.05) is 18.4 Å². The number of benzene rings is 2. The van der Waals surface area contributed by atoms with Gasteiger partial charge in [-0.15, -0.1) is 0 Å². The van der Waals surface area contributed by atoms with Crippen molar-refractivity contribution in [3.05, 3.63) is 54.1 Å². The van der Waals surface area contributed by atoms with Crippen LogP contribution in [0.5, 0.6) is 11.5 Å². The lowest BCUT2D eigenvalue weighted by molar-refractivity contribution is -0.137. The van der Waals surface area contributed by atoms with E-state index in [2.05, 4.69) is 5.10 Å². The number of hydrazone groups is 1. The number of para-hydroxylation sites is 2. The topological polar surface area (TPSA) is 77.4 Å². The number of hydrogen-bond donors (Lipinski definition) is 0. The van der Waals surface area contributed by atoms with Crippen molar-refractivity contribution in [3.63, 3.8) is 0 Å². The molecule has 1 amide bonds. The zero-order valence-electron chi connectivity index (χ0n) is 15.2. The number of methoxy groups -OCH3 is 2. The largest absolute Gasteiger partial charge is 0.493 e. The van der Waals surface area contributed by atoms with Gasteiger partial charge in [0.25, 0.3) is 0 Å². The molecule has 140 valence electrons. The smallest absolute Gasteiger partial charge is 0.354 e. The summed E-state index contributed by atoms with van der Waals surface area (Å²) < 4.78 is 16.0. The summed E-state index contributed by atoms with van der Waals surface area (Å²) in [5.41, 5.74) is 1.50. The summed E-state index contributed by atoms with van der Waals surface area (Å²) in [6.45, 7) is 0.0114. The van der Waals surface area contributed by atoms with Crippen molar-refractivity contribution in [3.8, 4) is 11.5 Å². The third kappa shape index (κ3) is 4.08. The Hall–Kier alpha value is -3.35. The molecule has 0 aliphatic carbocycles. The minimum atomic E-state index is -0.562. The maximum atomic E-state index is 12.4. The van der Waals surface area contributed by atoms with Gasteiger partial charge in [0.2, 0.25) is 5.91 Å². The van der Waals surface area contributed by atoms with Crippen molar-refractivity contribution in [2.24, 2.45) is 5.10 Å². The first kappa shape index (κ1) is 18.4. The molecule has 0 fully saturated rings. The molecule has 0 N–H and O–H groups in total. The lowest BCUT2D eigenvalue weighted by Crippen LogP contribution is -2.34. The Morgan fingerprint density at radius 3 is 2.52 bits per heavy atom. The van der Waals surface area contributed by atoms with Gasteiger partial charge in [0.05, 0.1) is 19.9 Å². The molecule has 0 saturated carbocycles. The summed E-state index contributed by atoms with van der Waals surface area (Å²) in [6, 6.07) is 14.3. The maximum absolute atomic E-state index is 12.4. The fraction of sp³-hybridized carbons (Fsp3) is 0.250. The Morgan fingerprint density at radius 2 is 1.81 bits per heavy atom. The molecule has 7 heteroatoms. The fourth-order valence-corrected chi connectivity index (χ4v) is 2.77. The van der Waals surface area contributed by atoms with Crippen LogP contribution in [0.3, 0.4) is 0 Å². The second kappa shape index (κ2) is 8.35. The highest BCUT2D eigenvalue weighted by atomic mass is 16.5. The molecule has 0 aromatic heterocycles. The van der Waals surface area contributed by atoms with E-state index in [-0.39, 0.29) is 31.1 Å². The van der Waals surface area contributed by atoms with Crippen molar-refractivity contribution in [2.45, 2.75) is 19.4 Å². The Bertz CT molecular complexity index is 864. The van der Waals surface area contributed by atoms with Crippen LogP contribution in [0.25, 0.3) is 0 Å². The molecule has 0 bridgehead atoms. The van der Waals surface area contributed by atoms with E-state index in [1.807, 2.05) is 6.07 Å². The molecule has 0 spiro atoms. The van der Waals surface area contributed by atoms with Crippen molar-refractivity contribution >= 4 is 23.3 Å². The number of amides is 1. The van der Waals surface area contributed by atoms with Gasteiger partial charge >= 0.3 is 5.97 Å². The van der Waals surface area contributed by atoms with Crippen molar-refractivity contribution < 1.29 is 23.8 Å². The van der Waals surface area contributed by atoms with Crippen LogP contribution in [-0.2, 0) is 20.9 Å². The lowest BCUT2D eigenvalue weighted by Gasteiger charge is -2.22. The lowest BCUT2D eigenvalue weighted by atomic mass is 10.1. The normalized spacial score (nSPS) is 13.8. The molecule has 7 nitrogen and oxygen atoms in total. The van der Waals surface area contributed by atoms with Gasteiger partial charge in [-0.05, 0) is 18.2 Å². The molecule has 0 saturated heterocycles. The SMILES string of the molecule is COc1cccc(COC(=O)C2=NN(c3ccccc3)C(=O)CC2)c1OC. The summed E-state index contributed by atoms with van der Waals surface area (Å²) >= 11 is 0. The molecular weight excluding hydrogens is 348 g/mol. The van der Waals surface area contributed by atoms with Gasteiger partial charge in [0.1, 0.15) is 12.3 Å². The van der Waals surface area contributed by atoms with Gasteiger partial charge in [-0.25, -0.2) is 9.80 Å². The highest BCUT2D eigenvalue weighted by molar-refractivity contribution is 6.37. The van der Waals surface area contributed by atoms with Crippen LogP contribution in [0.15, 0.2) is 53.6 Å². The quantitative estimate of drug-likeness (QED) is 0.733. The van der Waals surface area contributed by atoms with Crippen molar-refractivity contribution in [2.75, 3.05) is 19.2 Å². The third-order valence-electron chi connectivity index (χ3n) is 4.11. The molecule has 2 aromatic rings. The maximum Gasteiger partial charge on any atom is 0.354 e. The molecule has 0 unspecified atom stereocenters. The van der Waals surface area contributed by atoms with Crippen LogP contribution in [0.1, 0.15) is 18.4 Å².